The highest BCUT2D eigenvalue weighted by Gasteiger charge is 2.40. The van der Waals surface area contributed by atoms with Gasteiger partial charge in [0.15, 0.2) is 8.32 Å². The van der Waals surface area contributed by atoms with Gasteiger partial charge in [-0.25, -0.2) is 4.39 Å². The predicted octanol–water partition coefficient (Wildman–Crippen LogP) is 4.41. The zero-order chi connectivity index (χ0) is 18.7. The van der Waals surface area contributed by atoms with Gasteiger partial charge in [-0.1, -0.05) is 44.2 Å². The average Bonchev–Trinajstić information content (AvgIpc) is 2.52. The van der Waals surface area contributed by atoms with Crippen molar-refractivity contribution in [2.75, 3.05) is 6.61 Å². The average molecular weight is 369 g/mol. The van der Waals surface area contributed by atoms with E-state index in [-0.39, 0.29) is 17.4 Å². The van der Waals surface area contributed by atoms with E-state index in [1.165, 1.54) is 5.56 Å². The van der Waals surface area contributed by atoms with Crippen LogP contribution in [0.3, 0.4) is 0 Å². The van der Waals surface area contributed by atoms with E-state index in [1.54, 1.807) is 0 Å². The minimum Gasteiger partial charge on any atom is -0.432 e. The lowest BCUT2D eigenvalue weighted by Gasteiger charge is -2.38. The molecule has 1 aromatic rings. The van der Waals surface area contributed by atoms with Crippen LogP contribution in [0.25, 0.3) is 0 Å². The topological polar surface area (TPSA) is 49.7 Å². The monoisotopic (exact) mass is 368 g/mol. The molecule has 3 nitrogen and oxygen atoms in total. The van der Waals surface area contributed by atoms with E-state index in [2.05, 4.69) is 26.0 Å². The van der Waals surface area contributed by atoms with Gasteiger partial charge in [-0.3, -0.25) is 0 Å². The number of aliphatic hydroxyl groups is 1. The van der Waals surface area contributed by atoms with Gasteiger partial charge in [0.25, 0.3) is 0 Å². The molecule has 0 radical (unpaired) electrons. The molecule has 1 saturated carbocycles. The van der Waals surface area contributed by atoms with Gasteiger partial charge in [0.2, 0.25) is 0 Å². The van der Waals surface area contributed by atoms with Gasteiger partial charge < -0.3 is 14.6 Å². The van der Waals surface area contributed by atoms with Gasteiger partial charge in [0.1, 0.15) is 6.17 Å². The van der Waals surface area contributed by atoms with Crippen LogP contribution < -0.4 is 0 Å². The minimum atomic E-state index is -2.33. The van der Waals surface area contributed by atoms with Crippen LogP contribution in [0.1, 0.15) is 51.0 Å². The van der Waals surface area contributed by atoms with Crippen LogP contribution >= 0.6 is 0 Å². The van der Waals surface area contributed by atoms with Crippen LogP contribution in [0, 0.1) is 0 Å². The Morgan fingerprint density at radius 2 is 1.88 bits per heavy atom. The van der Waals surface area contributed by atoms with Gasteiger partial charge in [0.05, 0.1) is 18.8 Å². The highest BCUT2D eigenvalue weighted by molar-refractivity contribution is 6.72. The van der Waals surface area contributed by atoms with Gasteiger partial charge in [-0.15, -0.1) is 0 Å². The lowest BCUT2D eigenvalue weighted by Crippen LogP contribution is -2.41. The summed E-state index contributed by atoms with van der Waals surface area (Å²) in [5, 5.41) is 9.40. The molecular weight excluding hydrogens is 335 g/mol. The van der Waals surface area contributed by atoms with Gasteiger partial charge in [-0.2, -0.15) is 0 Å². The largest absolute Gasteiger partial charge is 0.432 e. The second-order valence-corrected chi connectivity index (χ2v) is 13.1. The molecule has 2 N–H and O–H groups in total. The normalized spacial score (nSPS) is 26.4. The van der Waals surface area contributed by atoms with Gasteiger partial charge >= 0.3 is 0 Å². The Labute approximate surface area is 152 Å². The lowest BCUT2D eigenvalue weighted by atomic mass is 9.89. The Balaban J connectivity index is 2.08. The zero-order valence-electron chi connectivity index (χ0n) is 15.9. The van der Waals surface area contributed by atoms with E-state index in [9.17, 15) is 14.3 Å². The molecule has 0 saturated heterocycles. The standard InChI is InChI=1S/C20H33FO3Si/c1-20(2,25(3,4)23)13-16(15-8-6-5-7-9-15)14-24-19-11-10-17(22)12-18(19)21/h5-9,16-19,22-23H,10-14H2,1-4H3/t16?,17-,18+,19+/m1/s1. The molecule has 5 heteroatoms. The van der Waals surface area contributed by atoms with Crippen molar-refractivity contribution in [2.45, 2.75) is 82.0 Å². The maximum atomic E-state index is 14.2. The molecule has 2 rings (SSSR count). The zero-order valence-corrected chi connectivity index (χ0v) is 16.9. The summed E-state index contributed by atoms with van der Waals surface area (Å²) >= 11 is 0. The molecule has 0 aliphatic heterocycles. The molecule has 0 spiro atoms. The number of benzene rings is 1. The molecule has 4 atom stereocenters. The highest BCUT2D eigenvalue weighted by Crippen LogP contribution is 2.44. The van der Waals surface area contributed by atoms with Crippen molar-refractivity contribution in [3.8, 4) is 0 Å². The predicted molar refractivity (Wildman–Crippen MR) is 102 cm³/mol. The molecule has 25 heavy (non-hydrogen) atoms. The Morgan fingerprint density at radius 3 is 2.44 bits per heavy atom. The van der Waals surface area contributed by atoms with E-state index >= 15 is 0 Å². The molecule has 1 aromatic carbocycles. The van der Waals surface area contributed by atoms with Gasteiger partial charge in [0, 0.05) is 12.3 Å². The summed E-state index contributed by atoms with van der Waals surface area (Å²) < 4.78 is 20.1. The van der Waals surface area contributed by atoms with Crippen LogP contribution in [-0.4, -0.2) is 43.2 Å². The summed E-state index contributed by atoms with van der Waals surface area (Å²) in [4.78, 5) is 10.6. The van der Waals surface area contributed by atoms with Crippen molar-refractivity contribution in [3.63, 3.8) is 0 Å². The third-order valence-corrected chi connectivity index (χ3v) is 9.40. The Morgan fingerprint density at radius 1 is 1.24 bits per heavy atom. The van der Waals surface area contributed by atoms with Crippen molar-refractivity contribution in [1.82, 2.24) is 0 Å². The van der Waals surface area contributed by atoms with E-state index in [4.69, 9.17) is 4.74 Å². The minimum absolute atomic E-state index is 0.120. The van der Waals surface area contributed by atoms with E-state index < -0.39 is 26.7 Å². The number of halogens is 1. The molecule has 0 bridgehead atoms. The van der Waals surface area contributed by atoms with E-state index in [1.807, 2.05) is 31.3 Å². The quantitative estimate of drug-likeness (QED) is 0.701. The van der Waals surface area contributed by atoms with Crippen molar-refractivity contribution < 1.29 is 19.0 Å². The molecular formula is C20H33FO3Si. The molecule has 0 heterocycles. The fourth-order valence-electron chi connectivity index (χ4n) is 3.36. The molecule has 1 fully saturated rings. The van der Waals surface area contributed by atoms with Crippen LogP contribution in [0.5, 0.6) is 0 Å². The van der Waals surface area contributed by atoms with Crippen molar-refractivity contribution in [1.29, 1.82) is 0 Å². The highest BCUT2D eigenvalue weighted by atomic mass is 28.4. The Hall–Kier alpha value is -0.753. The summed E-state index contributed by atoms with van der Waals surface area (Å²) in [6, 6.07) is 10.1. The van der Waals surface area contributed by atoms with Crippen molar-refractivity contribution in [2.24, 2.45) is 0 Å². The third kappa shape index (κ3) is 5.61. The molecule has 0 amide bonds. The van der Waals surface area contributed by atoms with Gasteiger partial charge in [-0.05, 0) is 43.0 Å². The SMILES string of the molecule is CC(C)(CC(CO[C@H]1CC[C@@H](O)C[C@@H]1F)c1ccccc1)[Si](C)(C)O. The Kier molecular flexibility index (Phi) is 6.82. The molecule has 1 aliphatic carbocycles. The fourth-order valence-corrected chi connectivity index (χ4v) is 4.10. The molecule has 0 aromatic heterocycles. The summed E-state index contributed by atoms with van der Waals surface area (Å²) in [6.07, 6.45) is 0.0622. The first-order chi connectivity index (χ1) is 11.6. The maximum absolute atomic E-state index is 14.2. The number of ether oxygens (including phenoxy) is 1. The van der Waals surface area contributed by atoms with Crippen LogP contribution in [0.15, 0.2) is 30.3 Å². The number of hydrogen-bond donors (Lipinski definition) is 2. The fraction of sp³-hybridized carbons (Fsp3) is 0.700. The summed E-state index contributed by atoms with van der Waals surface area (Å²) in [7, 11) is -2.33. The smallest absolute Gasteiger partial charge is 0.188 e. The van der Waals surface area contributed by atoms with Crippen LogP contribution in [-0.2, 0) is 4.74 Å². The first-order valence-corrected chi connectivity index (χ1v) is 12.3. The Bertz CT molecular complexity index is 529. The van der Waals surface area contributed by atoms with E-state index in [0.29, 0.717) is 19.4 Å². The number of alkyl halides is 1. The molecule has 1 unspecified atom stereocenters. The third-order valence-electron chi connectivity index (χ3n) is 5.88. The number of rotatable bonds is 7. The van der Waals surface area contributed by atoms with Crippen LogP contribution in [0.4, 0.5) is 4.39 Å². The van der Waals surface area contributed by atoms with E-state index in [0.717, 1.165) is 6.42 Å². The summed E-state index contributed by atoms with van der Waals surface area (Å²) in [5.41, 5.74) is 1.17. The molecule has 1 aliphatic rings. The van der Waals surface area contributed by atoms with Crippen molar-refractivity contribution in [3.05, 3.63) is 35.9 Å². The second-order valence-electron chi connectivity index (χ2n) is 8.61. The lowest BCUT2D eigenvalue weighted by molar-refractivity contribution is -0.0592. The second kappa shape index (κ2) is 8.29. The maximum Gasteiger partial charge on any atom is 0.188 e. The first kappa shape index (κ1) is 20.6. The summed E-state index contributed by atoms with van der Waals surface area (Å²) in [6.45, 7) is 8.61. The van der Waals surface area contributed by atoms with Crippen LogP contribution in [0.2, 0.25) is 18.1 Å². The van der Waals surface area contributed by atoms with Crippen molar-refractivity contribution >= 4 is 8.32 Å². The number of hydrogen-bond acceptors (Lipinski definition) is 3. The number of aliphatic hydroxyl groups excluding tert-OH is 1. The molecule has 142 valence electrons. The first-order valence-electron chi connectivity index (χ1n) is 9.31. The summed E-state index contributed by atoms with van der Waals surface area (Å²) in [5.74, 6) is 0.120.